The minimum absolute atomic E-state index is 0.00297. The molecule has 2 heterocycles. The molecule has 0 amide bonds. The van der Waals surface area contributed by atoms with E-state index in [2.05, 4.69) is 40.8 Å². The van der Waals surface area contributed by atoms with E-state index in [0.717, 1.165) is 24.6 Å². The summed E-state index contributed by atoms with van der Waals surface area (Å²) in [6.45, 7) is 4.21. The number of aromatic nitrogens is 2. The summed E-state index contributed by atoms with van der Waals surface area (Å²) in [6, 6.07) is 0.552. The number of hydrogen-bond acceptors (Lipinski definition) is 5. The van der Waals surface area contributed by atoms with E-state index in [1.54, 1.807) is 12.4 Å². The summed E-state index contributed by atoms with van der Waals surface area (Å²) in [6.07, 6.45) is 3.38. The van der Waals surface area contributed by atoms with Gasteiger partial charge in [0, 0.05) is 37.1 Å². The first-order valence-corrected chi connectivity index (χ1v) is 5.95. The molecule has 1 fully saturated rings. The van der Waals surface area contributed by atoms with Crippen LogP contribution in [0, 0.1) is 5.92 Å². The van der Waals surface area contributed by atoms with Gasteiger partial charge in [0.1, 0.15) is 0 Å². The van der Waals surface area contributed by atoms with Crippen LogP contribution in [0.1, 0.15) is 12.5 Å². The van der Waals surface area contributed by atoms with Gasteiger partial charge < -0.3 is 14.9 Å². The third kappa shape index (κ3) is 2.56. The van der Waals surface area contributed by atoms with Gasteiger partial charge in [-0.2, -0.15) is 0 Å². The zero-order valence-electron chi connectivity index (χ0n) is 10.7. The summed E-state index contributed by atoms with van der Waals surface area (Å²) in [5.41, 5.74) is 0.755. The third-order valence-electron chi connectivity index (χ3n) is 3.39. The lowest BCUT2D eigenvalue weighted by atomic mass is 10.1. The molecule has 2 atom stereocenters. The van der Waals surface area contributed by atoms with Crippen molar-refractivity contribution in [1.82, 2.24) is 14.9 Å². The van der Waals surface area contributed by atoms with Crippen LogP contribution in [0.25, 0.3) is 0 Å². The largest absolute Gasteiger partial charge is 0.392 e. The molecule has 0 bridgehead atoms. The number of anilines is 1. The molecule has 2 unspecified atom stereocenters. The number of nitrogens with zero attached hydrogens (tertiary/aromatic N) is 4. The van der Waals surface area contributed by atoms with Crippen LogP contribution in [0.3, 0.4) is 0 Å². The lowest BCUT2D eigenvalue weighted by Gasteiger charge is -2.22. The van der Waals surface area contributed by atoms with E-state index in [-0.39, 0.29) is 6.61 Å². The van der Waals surface area contributed by atoms with Crippen molar-refractivity contribution < 1.29 is 5.11 Å². The minimum Gasteiger partial charge on any atom is -0.392 e. The summed E-state index contributed by atoms with van der Waals surface area (Å²) in [5, 5.41) is 8.95. The van der Waals surface area contributed by atoms with Crippen molar-refractivity contribution in [2.75, 3.05) is 32.1 Å². The molecule has 1 saturated heterocycles. The first-order valence-electron chi connectivity index (χ1n) is 5.95. The number of aliphatic hydroxyl groups is 1. The Morgan fingerprint density at radius 3 is 2.47 bits per heavy atom. The number of likely N-dealkylation sites (N-methyl/N-ethyl adjacent to an activating group) is 1. The summed E-state index contributed by atoms with van der Waals surface area (Å²) >= 11 is 0. The second-order valence-corrected chi connectivity index (χ2v) is 4.96. The molecule has 17 heavy (non-hydrogen) atoms. The number of rotatable bonds is 3. The van der Waals surface area contributed by atoms with Gasteiger partial charge in [0.05, 0.1) is 6.61 Å². The van der Waals surface area contributed by atoms with Crippen molar-refractivity contribution >= 4 is 5.95 Å². The van der Waals surface area contributed by atoms with E-state index in [1.165, 1.54) is 0 Å². The highest BCUT2D eigenvalue weighted by Crippen LogP contribution is 2.23. The van der Waals surface area contributed by atoms with Crippen LogP contribution in [-0.2, 0) is 6.61 Å². The SMILES string of the molecule is CC1CN(c2ncc(CO)cn2)CC1N(C)C. The van der Waals surface area contributed by atoms with Gasteiger partial charge in [-0.25, -0.2) is 9.97 Å². The van der Waals surface area contributed by atoms with Gasteiger partial charge in [-0.1, -0.05) is 6.92 Å². The molecule has 5 nitrogen and oxygen atoms in total. The molecule has 2 rings (SSSR count). The van der Waals surface area contributed by atoms with Gasteiger partial charge in [0.15, 0.2) is 0 Å². The average Bonchev–Trinajstić information content (AvgIpc) is 2.71. The molecule has 1 aromatic heterocycles. The standard InChI is InChI=1S/C12H20N4O/c1-9-6-16(7-11(9)15(2)3)12-13-4-10(8-17)5-14-12/h4-5,9,11,17H,6-8H2,1-3H3. The topological polar surface area (TPSA) is 52.5 Å². The van der Waals surface area contributed by atoms with Crippen LogP contribution in [-0.4, -0.2) is 53.2 Å². The first-order chi connectivity index (χ1) is 8.11. The van der Waals surface area contributed by atoms with E-state index in [0.29, 0.717) is 12.0 Å². The van der Waals surface area contributed by atoms with Crippen molar-refractivity contribution in [1.29, 1.82) is 0 Å². The number of aliphatic hydroxyl groups excluding tert-OH is 1. The smallest absolute Gasteiger partial charge is 0.225 e. The molecule has 0 aliphatic carbocycles. The lowest BCUT2D eigenvalue weighted by Crippen LogP contribution is -2.34. The van der Waals surface area contributed by atoms with Crippen LogP contribution >= 0.6 is 0 Å². The van der Waals surface area contributed by atoms with Gasteiger partial charge in [-0.15, -0.1) is 0 Å². The highest BCUT2D eigenvalue weighted by Gasteiger charge is 2.32. The molecule has 94 valence electrons. The predicted octanol–water partition coefficient (Wildman–Crippen LogP) is 0.355. The Kier molecular flexibility index (Phi) is 3.59. The van der Waals surface area contributed by atoms with Crippen molar-refractivity contribution in [3.05, 3.63) is 18.0 Å². The molecular formula is C12H20N4O. The van der Waals surface area contributed by atoms with Crippen LogP contribution in [0.4, 0.5) is 5.95 Å². The second kappa shape index (κ2) is 4.98. The lowest BCUT2D eigenvalue weighted by molar-refractivity contribution is 0.266. The zero-order chi connectivity index (χ0) is 12.4. The van der Waals surface area contributed by atoms with Gasteiger partial charge >= 0.3 is 0 Å². The Morgan fingerprint density at radius 2 is 2.00 bits per heavy atom. The predicted molar refractivity (Wildman–Crippen MR) is 66.8 cm³/mol. The summed E-state index contributed by atoms with van der Waals surface area (Å²) in [5.74, 6) is 1.38. The van der Waals surface area contributed by atoms with E-state index in [9.17, 15) is 0 Å². The number of hydrogen-bond donors (Lipinski definition) is 1. The summed E-state index contributed by atoms with van der Waals surface area (Å²) in [4.78, 5) is 13.1. The Bertz CT molecular complexity index is 365. The van der Waals surface area contributed by atoms with Crippen LogP contribution < -0.4 is 4.90 Å². The average molecular weight is 236 g/mol. The van der Waals surface area contributed by atoms with E-state index < -0.39 is 0 Å². The van der Waals surface area contributed by atoms with Crippen molar-refractivity contribution in [2.45, 2.75) is 19.6 Å². The monoisotopic (exact) mass is 236 g/mol. The van der Waals surface area contributed by atoms with Gasteiger partial charge in [0.2, 0.25) is 5.95 Å². The van der Waals surface area contributed by atoms with E-state index in [1.807, 2.05) is 0 Å². The Morgan fingerprint density at radius 1 is 1.35 bits per heavy atom. The second-order valence-electron chi connectivity index (χ2n) is 4.96. The normalized spacial score (nSPS) is 24.6. The van der Waals surface area contributed by atoms with Crippen molar-refractivity contribution in [2.24, 2.45) is 5.92 Å². The highest BCUT2D eigenvalue weighted by atomic mass is 16.3. The fourth-order valence-corrected chi connectivity index (χ4v) is 2.38. The van der Waals surface area contributed by atoms with E-state index in [4.69, 9.17) is 5.11 Å². The van der Waals surface area contributed by atoms with Gasteiger partial charge in [-0.3, -0.25) is 0 Å². The maximum Gasteiger partial charge on any atom is 0.225 e. The van der Waals surface area contributed by atoms with Crippen molar-refractivity contribution in [3.63, 3.8) is 0 Å². The third-order valence-corrected chi connectivity index (χ3v) is 3.39. The molecule has 0 spiro atoms. The fourth-order valence-electron chi connectivity index (χ4n) is 2.38. The van der Waals surface area contributed by atoms with Crippen LogP contribution in [0.2, 0.25) is 0 Å². The maximum absolute atomic E-state index is 8.95. The quantitative estimate of drug-likeness (QED) is 0.821. The maximum atomic E-state index is 8.95. The molecule has 0 aromatic carbocycles. The van der Waals surface area contributed by atoms with Crippen LogP contribution in [0.5, 0.6) is 0 Å². The minimum atomic E-state index is -0.00297. The zero-order valence-corrected chi connectivity index (χ0v) is 10.7. The Balaban J connectivity index is 2.08. The molecular weight excluding hydrogens is 216 g/mol. The Labute approximate surface area is 102 Å². The van der Waals surface area contributed by atoms with Gasteiger partial charge in [0.25, 0.3) is 0 Å². The summed E-state index contributed by atoms with van der Waals surface area (Å²) < 4.78 is 0. The van der Waals surface area contributed by atoms with Gasteiger partial charge in [-0.05, 0) is 20.0 Å². The Hall–Kier alpha value is -1.20. The molecule has 1 aliphatic heterocycles. The molecule has 1 aliphatic rings. The fraction of sp³-hybridized carbons (Fsp3) is 0.667. The molecule has 0 saturated carbocycles. The van der Waals surface area contributed by atoms with E-state index >= 15 is 0 Å². The first kappa shape index (κ1) is 12.3. The highest BCUT2D eigenvalue weighted by molar-refractivity contribution is 5.32. The van der Waals surface area contributed by atoms with Crippen LogP contribution in [0.15, 0.2) is 12.4 Å². The molecule has 0 radical (unpaired) electrons. The van der Waals surface area contributed by atoms with Crippen molar-refractivity contribution in [3.8, 4) is 0 Å². The molecule has 5 heteroatoms. The molecule has 1 aromatic rings. The molecule has 1 N–H and O–H groups in total. The summed E-state index contributed by atoms with van der Waals surface area (Å²) in [7, 11) is 4.22.